The van der Waals surface area contributed by atoms with E-state index in [-0.39, 0.29) is 12.2 Å². The monoisotopic (exact) mass is 711 g/mol. The number of hydrogen-bond donors (Lipinski definition) is 2. The molecular formula is C52H45N3. The molecule has 55 heavy (non-hydrogen) atoms. The van der Waals surface area contributed by atoms with E-state index in [9.17, 15) is 0 Å². The lowest BCUT2D eigenvalue weighted by atomic mass is 9.96. The Bertz CT molecular complexity index is 2740. The number of rotatable bonds is 8. The molecule has 0 radical (unpaired) electrons. The summed E-state index contributed by atoms with van der Waals surface area (Å²) >= 11 is 0. The molecule has 1 aliphatic rings. The maximum absolute atomic E-state index is 4.18. The third-order valence-corrected chi connectivity index (χ3v) is 10.7. The van der Waals surface area contributed by atoms with E-state index in [4.69, 9.17) is 0 Å². The van der Waals surface area contributed by atoms with Crippen LogP contribution in [0, 0.1) is 0 Å². The lowest BCUT2D eigenvalue weighted by molar-refractivity contribution is 0.464. The number of hydrogen-bond acceptors (Lipinski definition) is 2. The minimum Gasteiger partial charge on any atom is -0.366 e. The highest BCUT2D eigenvalue weighted by molar-refractivity contribution is 6.28. The summed E-state index contributed by atoms with van der Waals surface area (Å²) in [5, 5.41) is 17.7. The van der Waals surface area contributed by atoms with Crippen LogP contribution in [0.3, 0.4) is 0 Å². The second-order valence-electron chi connectivity index (χ2n) is 14.0. The molecule has 7 aromatic carbocycles. The summed E-state index contributed by atoms with van der Waals surface area (Å²) in [6, 6.07) is 50.8. The van der Waals surface area contributed by atoms with E-state index in [0.717, 1.165) is 28.9 Å². The van der Waals surface area contributed by atoms with Crippen molar-refractivity contribution in [2.45, 2.75) is 25.6 Å². The van der Waals surface area contributed by atoms with Gasteiger partial charge in [0, 0.05) is 22.2 Å². The molecule has 2 atom stereocenters. The summed E-state index contributed by atoms with van der Waals surface area (Å²) in [7, 11) is 0. The first-order valence-corrected chi connectivity index (χ1v) is 18.9. The fourth-order valence-corrected chi connectivity index (χ4v) is 8.04. The van der Waals surface area contributed by atoms with Crippen LogP contribution < -0.4 is 10.6 Å². The van der Waals surface area contributed by atoms with Gasteiger partial charge in [0.2, 0.25) is 0 Å². The molecule has 2 heterocycles. The predicted octanol–water partition coefficient (Wildman–Crippen LogP) is 13.3. The molecule has 0 bridgehead atoms. The molecule has 2 N–H and O–H groups in total. The Morgan fingerprint density at radius 1 is 0.655 bits per heavy atom. The Labute approximate surface area is 323 Å². The molecule has 2 unspecified atom stereocenters. The van der Waals surface area contributed by atoms with Crippen molar-refractivity contribution in [1.29, 1.82) is 0 Å². The first kappa shape index (κ1) is 35.4. The average Bonchev–Trinajstić information content (AvgIpc) is 3.60. The summed E-state index contributed by atoms with van der Waals surface area (Å²) in [5.41, 5.74) is 9.39. The third kappa shape index (κ3) is 6.60. The lowest BCUT2D eigenvalue weighted by Gasteiger charge is -2.33. The molecule has 1 aromatic heterocycles. The smallest absolute Gasteiger partial charge is 0.104 e. The molecular weight excluding hydrogens is 667 g/mol. The molecule has 0 amide bonds. The summed E-state index contributed by atoms with van der Waals surface area (Å²) < 4.78 is 2.44. The van der Waals surface area contributed by atoms with E-state index in [1.807, 2.05) is 12.2 Å². The van der Waals surface area contributed by atoms with Gasteiger partial charge in [-0.15, -0.1) is 19.7 Å². The highest BCUT2D eigenvalue weighted by atomic mass is 15.2. The Morgan fingerprint density at radius 2 is 1.25 bits per heavy atom. The fourth-order valence-electron chi connectivity index (χ4n) is 8.04. The van der Waals surface area contributed by atoms with E-state index >= 15 is 0 Å². The molecule has 0 spiro atoms. The largest absolute Gasteiger partial charge is 0.366 e. The minimum atomic E-state index is -0.107. The summed E-state index contributed by atoms with van der Waals surface area (Å²) in [4.78, 5) is 0. The average molecular weight is 712 g/mol. The lowest BCUT2D eigenvalue weighted by Crippen LogP contribution is -2.44. The number of nitrogens with zero attached hydrogens (tertiary/aromatic N) is 1. The summed E-state index contributed by atoms with van der Waals surface area (Å²) in [5.74, 6) is 0. The van der Waals surface area contributed by atoms with Gasteiger partial charge in [-0.3, -0.25) is 5.32 Å². The second kappa shape index (κ2) is 15.4. The van der Waals surface area contributed by atoms with Gasteiger partial charge in [-0.2, -0.15) is 0 Å². The van der Waals surface area contributed by atoms with Crippen molar-refractivity contribution in [1.82, 2.24) is 15.2 Å². The van der Waals surface area contributed by atoms with Crippen LogP contribution in [0.25, 0.3) is 65.5 Å². The van der Waals surface area contributed by atoms with E-state index in [1.54, 1.807) is 0 Å². The van der Waals surface area contributed by atoms with Gasteiger partial charge in [-0.1, -0.05) is 146 Å². The Balaban J connectivity index is 0.00000210. The van der Waals surface area contributed by atoms with Gasteiger partial charge in [-0.25, -0.2) is 0 Å². The number of aromatic nitrogens is 1. The topological polar surface area (TPSA) is 29.0 Å². The fraction of sp³-hybridized carbons (Fsp3) is 0.0769. The van der Waals surface area contributed by atoms with Crippen molar-refractivity contribution in [3.05, 3.63) is 218 Å². The maximum Gasteiger partial charge on any atom is 0.104 e. The molecule has 8 aromatic rings. The van der Waals surface area contributed by atoms with Crippen LogP contribution in [0.4, 0.5) is 0 Å². The predicted molar refractivity (Wildman–Crippen MR) is 239 cm³/mol. The zero-order chi connectivity index (χ0) is 37.9. The van der Waals surface area contributed by atoms with E-state index in [0.29, 0.717) is 0 Å². The molecule has 0 fully saturated rings. The van der Waals surface area contributed by atoms with Crippen LogP contribution in [0.5, 0.6) is 0 Å². The molecule has 3 heteroatoms. The van der Waals surface area contributed by atoms with Crippen LogP contribution >= 0.6 is 0 Å². The van der Waals surface area contributed by atoms with Crippen LogP contribution in [-0.4, -0.2) is 10.6 Å². The van der Waals surface area contributed by atoms with Crippen molar-refractivity contribution >= 4 is 59.8 Å². The van der Waals surface area contributed by atoms with E-state index < -0.39 is 0 Å². The van der Waals surface area contributed by atoms with Gasteiger partial charge in [0.05, 0.1) is 17.1 Å². The van der Waals surface area contributed by atoms with E-state index in [1.165, 1.54) is 65.3 Å². The highest BCUT2D eigenvalue weighted by Crippen LogP contribution is 2.41. The van der Waals surface area contributed by atoms with Crippen LogP contribution in [0.2, 0.25) is 0 Å². The van der Waals surface area contributed by atoms with Gasteiger partial charge < -0.3 is 9.88 Å². The Morgan fingerprint density at radius 3 is 1.91 bits per heavy atom. The molecule has 0 saturated carbocycles. The van der Waals surface area contributed by atoms with Crippen molar-refractivity contribution in [2.75, 3.05) is 0 Å². The molecule has 9 rings (SSSR count). The van der Waals surface area contributed by atoms with Crippen molar-refractivity contribution in [2.24, 2.45) is 0 Å². The Hall–Kier alpha value is -6.68. The zero-order valence-corrected chi connectivity index (χ0v) is 31.3. The van der Waals surface area contributed by atoms with Crippen molar-refractivity contribution < 1.29 is 0 Å². The van der Waals surface area contributed by atoms with Gasteiger partial charge >= 0.3 is 0 Å². The maximum atomic E-state index is 4.18. The molecule has 268 valence electrons. The summed E-state index contributed by atoms with van der Waals surface area (Å²) in [6.45, 7) is 16.2. The van der Waals surface area contributed by atoms with Crippen LogP contribution in [-0.2, 0) is 0 Å². The zero-order valence-electron chi connectivity index (χ0n) is 31.3. The number of fused-ring (bicyclic) bond motifs is 8. The number of benzene rings is 7. The first-order valence-electron chi connectivity index (χ1n) is 18.9. The van der Waals surface area contributed by atoms with Gasteiger partial charge in [-0.05, 0) is 98.8 Å². The van der Waals surface area contributed by atoms with Crippen molar-refractivity contribution in [3.63, 3.8) is 0 Å². The van der Waals surface area contributed by atoms with Crippen LogP contribution in [0.1, 0.15) is 30.6 Å². The Kier molecular flexibility index (Phi) is 9.87. The summed E-state index contributed by atoms with van der Waals surface area (Å²) in [6.07, 6.45) is 11.3. The van der Waals surface area contributed by atoms with Gasteiger partial charge in [0.15, 0.2) is 0 Å². The normalized spacial score (nSPS) is 16.1. The molecule has 0 aliphatic carbocycles. The molecule has 1 aliphatic heterocycles. The minimum absolute atomic E-state index is 0.0257. The number of nitrogens with one attached hydrogen (secondary N) is 2. The van der Waals surface area contributed by atoms with Crippen LogP contribution in [0.15, 0.2) is 207 Å². The first-order chi connectivity index (χ1) is 27.1. The van der Waals surface area contributed by atoms with Gasteiger partial charge in [0.1, 0.15) is 6.17 Å². The van der Waals surface area contributed by atoms with Crippen molar-refractivity contribution in [3.8, 4) is 5.69 Å². The number of allylic oxidation sites excluding steroid dienone is 4. The van der Waals surface area contributed by atoms with Gasteiger partial charge in [0.25, 0.3) is 0 Å². The third-order valence-electron chi connectivity index (χ3n) is 10.7. The quantitative estimate of drug-likeness (QED) is 0.121. The van der Waals surface area contributed by atoms with E-state index in [2.05, 4.69) is 206 Å². The highest BCUT2D eigenvalue weighted by Gasteiger charge is 2.25. The SMILES string of the molecule is C=C.C=CC/C(C)=C\C=C(/C=C)C1C=C(c2ccccc2)NC(c2ccc3cc(-n4c5ccc6ccccc6c5c5c6ccccc6ccc54)ccc3c2)N1. The second-order valence-corrected chi connectivity index (χ2v) is 14.0. The standard InChI is InChI=1S/C50H41N3.C2H4/c1-4-13-33(3)20-21-34(5-2)44-32-45(37-16-7-6-8-17-37)52-50(51-44)40-23-22-39-31-41(27-24-38(39)30-40)53-46-28-25-35-14-9-11-18-42(35)48(46)49-43-19-12-10-15-36(43)26-29-47(49)53;1-2/h4-12,14-32,44,50-52H,1-2,13H2,3H3;1-2H2/b33-20-,34-21+;. The molecule has 0 saturated heterocycles. The molecule has 3 nitrogen and oxygen atoms in total.